The molecule has 4 aliphatic rings. The van der Waals surface area contributed by atoms with Crippen molar-refractivity contribution >= 4 is 17.8 Å². The summed E-state index contributed by atoms with van der Waals surface area (Å²) in [6.45, 7) is 6.74. The third kappa shape index (κ3) is 3.93. The van der Waals surface area contributed by atoms with Gasteiger partial charge in [0.15, 0.2) is 0 Å². The van der Waals surface area contributed by atoms with E-state index in [2.05, 4.69) is 20.2 Å². The molecule has 2 bridgehead atoms. The van der Waals surface area contributed by atoms with Crippen molar-refractivity contribution in [3.63, 3.8) is 0 Å². The van der Waals surface area contributed by atoms with E-state index in [-0.39, 0.29) is 29.8 Å². The number of hydrogen-bond donors (Lipinski definition) is 1. The van der Waals surface area contributed by atoms with Crippen molar-refractivity contribution in [1.82, 2.24) is 24.7 Å². The fraction of sp³-hybridized carbons (Fsp3) is 0.652. The third-order valence-electron chi connectivity index (χ3n) is 7.25. The fourth-order valence-electron chi connectivity index (χ4n) is 5.99. The van der Waals surface area contributed by atoms with Gasteiger partial charge in [-0.2, -0.15) is 0 Å². The maximum absolute atomic E-state index is 13.5. The molecule has 3 fully saturated rings. The molecule has 5 rings (SSSR count). The van der Waals surface area contributed by atoms with Crippen LogP contribution in [0.3, 0.4) is 0 Å². The molecule has 5 heterocycles. The first-order valence-corrected chi connectivity index (χ1v) is 11.7. The summed E-state index contributed by atoms with van der Waals surface area (Å²) in [4.78, 5) is 41.6. The quantitative estimate of drug-likeness (QED) is 0.722. The Bertz CT molecular complexity index is 848. The summed E-state index contributed by atoms with van der Waals surface area (Å²) in [7, 11) is 0. The average Bonchev–Trinajstić information content (AvgIpc) is 3.31. The van der Waals surface area contributed by atoms with Crippen LogP contribution >= 0.6 is 0 Å². The number of nitrogens with zero attached hydrogens (tertiary/aromatic N) is 5. The van der Waals surface area contributed by atoms with Crippen LogP contribution in [-0.4, -0.2) is 81.3 Å². The summed E-state index contributed by atoms with van der Waals surface area (Å²) in [6.07, 6.45) is 11.4. The Morgan fingerprint density at radius 2 is 1.90 bits per heavy atom. The standard InChI is InChI=1S/C23H32N6O2/c1-2-24-23-25-11-16(12-26-23)13-27-14-17-10-18(15-27)21(22(31)28-8-3-4-9-28)29-19(17)6-5-7-20(29)30/h3-4,11-12,17-19,21H,2,5-10,13-15H2,1H3,(H,24,25,26)/t17-,18+,19-,21+/m0/s1. The predicted octanol–water partition coefficient (Wildman–Crippen LogP) is 1.51. The molecule has 4 aliphatic heterocycles. The number of fused-ring (bicyclic) bond motifs is 4. The average molecular weight is 425 g/mol. The highest BCUT2D eigenvalue weighted by atomic mass is 16.2. The van der Waals surface area contributed by atoms with Gasteiger partial charge in [-0.3, -0.25) is 14.5 Å². The Kier molecular flexibility index (Phi) is 5.65. The molecule has 8 nitrogen and oxygen atoms in total. The van der Waals surface area contributed by atoms with Crippen LogP contribution in [-0.2, 0) is 16.1 Å². The number of amides is 2. The van der Waals surface area contributed by atoms with Gasteiger partial charge in [0.2, 0.25) is 17.8 Å². The van der Waals surface area contributed by atoms with Crippen molar-refractivity contribution in [2.45, 2.75) is 51.2 Å². The van der Waals surface area contributed by atoms with E-state index in [1.165, 1.54) is 0 Å². The van der Waals surface area contributed by atoms with E-state index in [9.17, 15) is 9.59 Å². The lowest BCUT2D eigenvalue weighted by Gasteiger charge is -2.56. The molecule has 0 unspecified atom stereocenters. The van der Waals surface area contributed by atoms with Crippen LogP contribution in [0.1, 0.15) is 38.2 Å². The van der Waals surface area contributed by atoms with Gasteiger partial charge in [-0.1, -0.05) is 12.2 Å². The number of likely N-dealkylation sites (tertiary alicyclic amines) is 1. The zero-order valence-electron chi connectivity index (χ0n) is 18.2. The van der Waals surface area contributed by atoms with Gasteiger partial charge in [-0.05, 0) is 32.1 Å². The number of anilines is 1. The van der Waals surface area contributed by atoms with Crippen LogP contribution in [0.15, 0.2) is 24.5 Å². The summed E-state index contributed by atoms with van der Waals surface area (Å²) >= 11 is 0. The summed E-state index contributed by atoms with van der Waals surface area (Å²) in [5, 5.41) is 3.13. The molecule has 0 aromatic carbocycles. The van der Waals surface area contributed by atoms with E-state index in [1.807, 2.05) is 41.3 Å². The van der Waals surface area contributed by atoms with Crippen molar-refractivity contribution in [2.75, 3.05) is 38.0 Å². The topological polar surface area (TPSA) is 81.7 Å². The van der Waals surface area contributed by atoms with Crippen molar-refractivity contribution in [1.29, 1.82) is 0 Å². The molecule has 1 N–H and O–H groups in total. The minimum atomic E-state index is -0.316. The summed E-state index contributed by atoms with van der Waals surface area (Å²) in [5.74, 6) is 1.59. The van der Waals surface area contributed by atoms with E-state index >= 15 is 0 Å². The molecule has 31 heavy (non-hydrogen) atoms. The normalized spacial score (nSPS) is 30.4. The largest absolute Gasteiger partial charge is 0.355 e. The molecular weight excluding hydrogens is 392 g/mol. The molecule has 1 aromatic heterocycles. The second-order valence-electron chi connectivity index (χ2n) is 9.32. The van der Waals surface area contributed by atoms with Gasteiger partial charge in [-0.25, -0.2) is 9.97 Å². The number of carbonyl (C=O) groups is 2. The lowest BCUT2D eigenvalue weighted by atomic mass is 9.71. The van der Waals surface area contributed by atoms with Gasteiger partial charge in [0, 0.05) is 75.6 Å². The monoisotopic (exact) mass is 424 g/mol. The number of aromatic nitrogens is 2. The molecule has 4 atom stereocenters. The minimum Gasteiger partial charge on any atom is -0.355 e. The lowest BCUT2D eigenvalue weighted by Crippen LogP contribution is -2.68. The maximum Gasteiger partial charge on any atom is 0.246 e. The van der Waals surface area contributed by atoms with Crippen molar-refractivity contribution in [3.05, 3.63) is 30.1 Å². The first-order valence-electron chi connectivity index (χ1n) is 11.7. The van der Waals surface area contributed by atoms with Gasteiger partial charge >= 0.3 is 0 Å². The second-order valence-corrected chi connectivity index (χ2v) is 9.32. The van der Waals surface area contributed by atoms with Gasteiger partial charge in [-0.15, -0.1) is 0 Å². The Morgan fingerprint density at radius 3 is 2.65 bits per heavy atom. The molecule has 8 heteroatoms. The van der Waals surface area contributed by atoms with Crippen LogP contribution in [0.2, 0.25) is 0 Å². The SMILES string of the molecule is CCNc1ncc(CN2C[C@@H]3C[C@H](C2)[C@H](C(=O)N2CC=CC2)N2C(=O)CCC[C@@H]32)cn1. The van der Waals surface area contributed by atoms with Crippen molar-refractivity contribution < 1.29 is 9.59 Å². The second kappa shape index (κ2) is 8.57. The molecule has 0 saturated carbocycles. The molecule has 0 aliphatic carbocycles. The minimum absolute atomic E-state index is 0.133. The smallest absolute Gasteiger partial charge is 0.246 e. The van der Waals surface area contributed by atoms with Crippen LogP contribution in [0.5, 0.6) is 0 Å². The Labute approximate surface area is 183 Å². The molecule has 0 radical (unpaired) electrons. The molecule has 3 saturated heterocycles. The van der Waals surface area contributed by atoms with E-state index in [1.54, 1.807) is 0 Å². The Hall–Kier alpha value is -2.48. The zero-order chi connectivity index (χ0) is 21.4. The molecule has 2 amide bonds. The van der Waals surface area contributed by atoms with E-state index in [4.69, 9.17) is 0 Å². The van der Waals surface area contributed by atoms with E-state index in [0.29, 0.717) is 31.4 Å². The number of carbonyl (C=O) groups excluding carboxylic acids is 2. The lowest BCUT2D eigenvalue weighted by molar-refractivity contribution is -0.164. The Morgan fingerprint density at radius 1 is 1.16 bits per heavy atom. The number of rotatable bonds is 5. The van der Waals surface area contributed by atoms with Gasteiger partial charge in [0.1, 0.15) is 6.04 Å². The molecule has 1 aromatic rings. The van der Waals surface area contributed by atoms with Crippen molar-refractivity contribution in [2.24, 2.45) is 11.8 Å². The highest BCUT2D eigenvalue weighted by Gasteiger charge is 2.52. The first kappa shape index (κ1) is 20.4. The van der Waals surface area contributed by atoms with E-state index in [0.717, 1.165) is 51.0 Å². The summed E-state index contributed by atoms with van der Waals surface area (Å²) in [5.41, 5.74) is 1.09. The van der Waals surface area contributed by atoms with Crippen LogP contribution in [0.4, 0.5) is 5.95 Å². The molecule has 0 spiro atoms. The van der Waals surface area contributed by atoms with Gasteiger partial charge in [0.25, 0.3) is 0 Å². The predicted molar refractivity (Wildman–Crippen MR) is 117 cm³/mol. The number of piperidine rings is 3. The highest BCUT2D eigenvalue weighted by molar-refractivity contribution is 5.89. The van der Waals surface area contributed by atoms with E-state index < -0.39 is 0 Å². The molecule has 166 valence electrons. The third-order valence-corrected chi connectivity index (χ3v) is 7.25. The first-order chi connectivity index (χ1) is 15.1. The highest BCUT2D eigenvalue weighted by Crippen LogP contribution is 2.42. The van der Waals surface area contributed by atoms with Crippen molar-refractivity contribution in [3.8, 4) is 0 Å². The fourth-order valence-corrected chi connectivity index (χ4v) is 5.99. The number of nitrogens with one attached hydrogen (secondary N) is 1. The van der Waals surface area contributed by atoms with Gasteiger partial charge in [0.05, 0.1) is 0 Å². The van der Waals surface area contributed by atoms with Gasteiger partial charge < -0.3 is 15.1 Å². The summed E-state index contributed by atoms with van der Waals surface area (Å²) < 4.78 is 0. The Balaban J connectivity index is 1.36. The van der Waals surface area contributed by atoms with Crippen LogP contribution in [0, 0.1) is 11.8 Å². The van der Waals surface area contributed by atoms with Crippen LogP contribution < -0.4 is 5.32 Å². The maximum atomic E-state index is 13.5. The summed E-state index contributed by atoms with van der Waals surface area (Å²) in [6, 6.07) is -0.124. The number of hydrogen-bond acceptors (Lipinski definition) is 6. The van der Waals surface area contributed by atoms with Crippen LogP contribution in [0.25, 0.3) is 0 Å². The zero-order valence-corrected chi connectivity index (χ0v) is 18.2. The molecular formula is C23H32N6O2.